The lowest BCUT2D eigenvalue weighted by Crippen LogP contribution is -2.40. The van der Waals surface area contributed by atoms with Crippen LogP contribution in [-0.2, 0) is 14.6 Å². The van der Waals surface area contributed by atoms with Gasteiger partial charge in [-0.05, 0) is 25.9 Å². The summed E-state index contributed by atoms with van der Waals surface area (Å²) in [5.41, 5.74) is 0. The van der Waals surface area contributed by atoms with Gasteiger partial charge in [0.1, 0.15) is 4.75 Å². The molecule has 13 heavy (non-hydrogen) atoms. The highest BCUT2D eigenvalue weighted by atomic mass is 32.2. The second-order valence-electron chi connectivity index (χ2n) is 3.45. The van der Waals surface area contributed by atoms with E-state index in [0.29, 0.717) is 12.2 Å². The van der Waals surface area contributed by atoms with Gasteiger partial charge < -0.3 is 0 Å². The van der Waals surface area contributed by atoms with E-state index >= 15 is 0 Å². The van der Waals surface area contributed by atoms with Crippen LogP contribution in [0.5, 0.6) is 0 Å². The summed E-state index contributed by atoms with van der Waals surface area (Å²) in [6.07, 6.45) is 3.31. The zero-order chi connectivity index (χ0) is 10.7. The molecule has 0 aromatic heterocycles. The number of thioether (sulfide) groups is 1. The highest BCUT2D eigenvalue weighted by molar-refractivity contribution is 7.98. The summed E-state index contributed by atoms with van der Waals surface area (Å²) in [6, 6.07) is 0. The second kappa shape index (κ2) is 4.46. The van der Waals surface area contributed by atoms with Gasteiger partial charge in [-0.1, -0.05) is 0 Å². The summed E-state index contributed by atoms with van der Waals surface area (Å²) in [7, 11) is -3.29. The van der Waals surface area contributed by atoms with Crippen LogP contribution in [0.4, 0.5) is 0 Å². The molecule has 0 radical (unpaired) electrons. The molecule has 0 fully saturated rings. The fraction of sp³-hybridized carbons (Fsp3) is 0.875. The summed E-state index contributed by atoms with van der Waals surface area (Å²) in [4.78, 5) is 11.5. The SMILES string of the molecule is CSCCC(=O)C(C)(C)S(C)(=O)=O. The molecule has 78 valence electrons. The van der Waals surface area contributed by atoms with Gasteiger partial charge in [-0.2, -0.15) is 11.8 Å². The average molecular weight is 224 g/mol. The van der Waals surface area contributed by atoms with E-state index in [0.717, 1.165) is 6.26 Å². The van der Waals surface area contributed by atoms with Crippen LogP contribution in [0.3, 0.4) is 0 Å². The van der Waals surface area contributed by atoms with E-state index in [2.05, 4.69) is 0 Å². The number of Topliss-reactive ketones (excluding diaryl/α,β-unsaturated/α-hetero) is 1. The van der Waals surface area contributed by atoms with Crippen molar-refractivity contribution in [2.24, 2.45) is 0 Å². The molecule has 0 atom stereocenters. The molecular formula is C8H16O3S2. The zero-order valence-corrected chi connectivity index (χ0v) is 10.1. The molecule has 0 aliphatic rings. The third-order valence-corrected chi connectivity index (χ3v) is 4.83. The van der Waals surface area contributed by atoms with Crippen LogP contribution in [0.2, 0.25) is 0 Å². The molecular weight excluding hydrogens is 208 g/mol. The summed E-state index contributed by atoms with van der Waals surface area (Å²) in [6.45, 7) is 2.93. The van der Waals surface area contributed by atoms with Crippen molar-refractivity contribution < 1.29 is 13.2 Å². The van der Waals surface area contributed by atoms with Crippen LogP contribution < -0.4 is 0 Å². The van der Waals surface area contributed by atoms with Crippen molar-refractivity contribution in [2.75, 3.05) is 18.3 Å². The minimum absolute atomic E-state index is 0.204. The molecule has 3 nitrogen and oxygen atoms in total. The van der Waals surface area contributed by atoms with Crippen LogP contribution in [0.1, 0.15) is 20.3 Å². The molecule has 0 aromatic carbocycles. The molecule has 0 aliphatic heterocycles. The maximum absolute atomic E-state index is 11.5. The van der Waals surface area contributed by atoms with Crippen molar-refractivity contribution in [1.82, 2.24) is 0 Å². The summed E-state index contributed by atoms with van der Waals surface area (Å²) in [5, 5.41) is 0. The summed E-state index contributed by atoms with van der Waals surface area (Å²) < 4.78 is 21.2. The molecule has 0 unspecified atom stereocenters. The Bertz CT molecular complexity index is 278. The second-order valence-corrected chi connectivity index (χ2v) is 7.00. The highest BCUT2D eigenvalue weighted by Gasteiger charge is 2.37. The molecule has 0 bridgehead atoms. The maximum Gasteiger partial charge on any atom is 0.159 e. The highest BCUT2D eigenvalue weighted by Crippen LogP contribution is 2.18. The lowest BCUT2D eigenvalue weighted by Gasteiger charge is -2.20. The normalized spacial score (nSPS) is 12.9. The van der Waals surface area contributed by atoms with Crippen molar-refractivity contribution in [3.8, 4) is 0 Å². The third-order valence-electron chi connectivity index (χ3n) is 2.13. The van der Waals surface area contributed by atoms with Gasteiger partial charge in [-0.3, -0.25) is 4.79 Å². The fourth-order valence-electron chi connectivity index (χ4n) is 0.703. The van der Waals surface area contributed by atoms with Crippen molar-refractivity contribution >= 4 is 27.4 Å². The van der Waals surface area contributed by atoms with E-state index in [-0.39, 0.29) is 5.78 Å². The molecule has 0 spiro atoms. The number of carbonyl (C=O) groups excluding carboxylic acids is 1. The van der Waals surface area contributed by atoms with E-state index in [1.54, 1.807) is 11.8 Å². The minimum atomic E-state index is -3.29. The number of sulfone groups is 1. The Morgan fingerprint density at radius 1 is 1.38 bits per heavy atom. The first-order valence-corrected chi connectivity index (χ1v) is 7.24. The van der Waals surface area contributed by atoms with E-state index in [4.69, 9.17) is 0 Å². The molecule has 0 N–H and O–H groups in total. The van der Waals surface area contributed by atoms with Gasteiger partial charge in [0.2, 0.25) is 0 Å². The molecule has 0 rings (SSSR count). The Kier molecular flexibility index (Phi) is 4.45. The van der Waals surface area contributed by atoms with Gasteiger partial charge in [-0.25, -0.2) is 8.42 Å². The van der Waals surface area contributed by atoms with Gasteiger partial charge in [0.15, 0.2) is 15.6 Å². The number of ketones is 1. The summed E-state index contributed by atoms with van der Waals surface area (Å²) >= 11 is 1.54. The Labute approximate surface area is 84.2 Å². The Morgan fingerprint density at radius 3 is 2.15 bits per heavy atom. The van der Waals surface area contributed by atoms with E-state index in [1.165, 1.54) is 13.8 Å². The molecule has 0 heterocycles. The fourth-order valence-corrected chi connectivity index (χ4v) is 1.61. The van der Waals surface area contributed by atoms with Crippen molar-refractivity contribution in [3.63, 3.8) is 0 Å². The summed E-state index contributed by atoms with van der Waals surface area (Å²) in [5.74, 6) is 0.474. The van der Waals surface area contributed by atoms with Crippen LogP contribution in [0.25, 0.3) is 0 Å². The smallest absolute Gasteiger partial charge is 0.159 e. The minimum Gasteiger partial charge on any atom is -0.298 e. The van der Waals surface area contributed by atoms with Crippen LogP contribution >= 0.6 is 11.8 Å². The van der Waals surface area contributed by atoms with Crippen molar-refractivity contribution in [3.05, 3.63) is 0 Å². The Hall–Kier alpha value is -0.0300. The molecule has 5 heteroatoms. The van der Waals surface area contributed by atoms with Crippen molar-refractivity contribution in [2.45, 2.75) is 25.0 Å². The molecule has 0 aliphatic carbocycles. The van der Waals surface area contributed by atoms with Crippen LogP contribution in [-0.4, -0.2) is 37.2 Å². The van der Waals surface area contributed by atoms with Gasteiger partial charge >= 0.3 is 0 Å². The number of carbonyl (C=O) groups is 1. The molecule has 0 saturated heterocycles. The van der Waals surface area contributed by atoms with Gasteiger partial charge in [0.05, 0.1) is 0 Å². The van der Waals surface area contributed by atoms with Gasteiger partial charge in [-0.15, -0.1) is 0 Å². The monoisotopic (exact) mass is 224 g/mol. The van der Waals surface area contributed by atoms with E-state index in [9.17, 15) is 13.2 Å². The largest absolute Gasteiger partial charge is 0.298 e. The Balaban J connectivity index is 4.57. The number of hydrogen-bond donors (Lipinski definition) is 0. The topological polar surface area (TPSA) is 51.2 Å². The predicted octanol–water partition coefficient (Wildman–Crippen LogP) is 1.13. The predicted molar refractivity (Wildman–Crippen MR) is 56.9 cm³/mol. The maximum atomic E-state index is 11.5. The standard InChI is InChI=1S/C8H16O3S2/c1-8(2,13(4,10)11)7(9)5-6-12-3/h5-6H2,1-4H3. The lowest BCUT2D eigenvalue weighted by molar-refractivity contribution is -0.120. The number of rotatable bonds is 5. The van der Waals surface area contributed by atoms with E-state index < -0.39 is 14.6 Å². The molecule has 0 aromatic rings. The molecule has 0 amide bonds. The van der Waals surface area contributed by atoms with Crippen LogP contribution in [0.15, 0.2) is 0 Å². The first kappa shape index (κ1) is 13.0. The molecule has 0 saturated carbocycles. The van der Waals surface area contributed by atoms with Gasteiger partial charge in [0.25, 0.3) is 0 Å². The van der Waals surface area contributed by atoms with Crippen molar-refractivity contribution in [1.29, 1.82) is 0 Å². The van der Waals surface area contributed by atoms with E-state index in [1.807, 2.05) is 6.26 Å². The Morgan fingerprint density at radius 2 is 1.85 bits per heavy atom. The quantitative estimate of drug-likeness (QED) is 0.702. The zero-order valence-electron chi connectivity index (χ0n) is 8.46. The first-order valence-electron chi connectivity index (χ1n) is 3.95. The number of hydrogen-bond acceptors (Lipinski definition) is 4. The third kappa shape index (κ3) is 3.31. The average Bonchev–Trinajstić information content (AvgIpc) is 1.97. The van der Waals surface area contributed by atoms with Crippen LogP contribution in [0, 0.1) is 0 Å². The van der Waals surface area contributed by atoms with Gasteiger partial charge in [0, 0.05) is 12.7 Å². The lowest BCUT2D eigenvalue weighted by atomic mass is 10.1. The first-order chi connectivity index (χ1) is 5.73.